The number of hydrogen-bond donors (Lipinski definition) is 2. The molecule has 104 valence electrons. The van der Waals surface area contributed by atoms with Gasteiger partial charge in [-0.1, -0.05) is 12.1 Å². The molecule has 0 radical (unpaired) electrons. The maximum atomic E-state index is 12.0. The Morgan fingerprint density at radius 2 is 2.37 bits per heavy atom. The maximum absolute atomic E-state index is 12.0. The molecule has 1 atom stereocenters. The van der Waals surface area contributed by atoms with Crippen LogP contribution in [0.3, 0.4) is 0 Å². The molecule has 2 N–H and O–H groups in total. The van der Waals surface area contributed by atoms with E-state index in [-0.39, 0.29) is 12.5 Å². The van der Waals surface area contributed by atoms with E-state index in [1.54, 1.807) is 22.3 Å². The fourth-order valence-electron chi connectivity index (χ4n) is 1.44. The molecule has 0 aliphatic heterocycles. The van der Waals surface area contributed by atoms with Gasteiger partial charge in [-0.05, 0) is 18.4 Å². The monoisotopic (exact) mass is 282 g/mol. The zero-order valence-corrected chi connectivity index (χ0v) is 11.7. The minimum atomic E-state index is -0.971. The summed E-state index contributed by atoms with van der Waals surface area (Å²) in [4.78, 5) is 25.4. The molecule has 0 saturated carbocycles. The molecule has 1 heterocycles. The van der Waals surface area contributed by atoms with Gasteiger partial charge in [-0.2, -0.15) is 0 Å². The first kappa shape index (κ1) is 15.4. The van der Waals surface area contributed by atoms with Gasteiger partial charge in [0.05, 0.1) is 13.1 Å². The molecule has 1 aromatic heterocycles. The largest absolute Gasteiger partial charge is 0.480 e. The van der Waals surface area contributed by atoms with E-state index in [1.807, 2.05) is 17.5 Å². The van der Waals surface area contributed by atoms with Gasteiger partial charge in [0.25, 0.3) is 0 Å². The van der Waals surface area contributed by atoms with Crippen molar-refractivity contribution in [3.05, 3.63) is 35.0 Å². The molecule has 0 saturated heterocycles. The first-order chi connectivity index (χ1) is 9.04. The first-order valence-electron chi connectivity index (χ1n) is 5.91. The van der Waals surface area contributed by atoms with E-state index in [0.717, 1.165) is 4.88 Å². The van der Waals surface area contributed by atoms with Crippen molar-refractivity contribution in [1.82, 2.24) is 10.2 Å². The topological polar surface area (TPSA) is 69.6 Å². The Morgan fingerprint density at radius 1 is 1.63 bits per heavy atom. The number of thiophene rings is 1. The fourth-order valence-corrected chi connectivity index (χ4v) is 2.16. The minimum absolute atomic E-state index is 0.00663. The second kappa shape index (κ2) is 7.70. The van der Waals surface area contributed by atoms with Crippen LogP contribution in [0.4, 0.5) is 0 Å². The summed E-state index contributed by atoms with van der Waals surface area (Å²) in [5, 5.41) is 13.4. The van der Waals surface area contributed by atoms with E-state index in [2.05, 4.69) is 11.9 Å². The Labute approximate surface area is 116 Å². The standard InChI is InChI=1S/C13H18N2O3S/c1-3-6-15(9-11-5-4-7-19-11)12(16)8-14-10(2)13(17)18/h3-5,7,10,14H,1,6,8-9H2,2H3,(H,17,18)/t10-/m1/s1. The van der Waals surface area contributed by atoms with Crippen molar-refractivity contribution in [2.75, 3.05) is 13.1 Å². The van der Waals surface area contributed by atoms with Crippen molar-refractivity contribution in [2.45, 2.75) is 19.5 Å². The molecule has 0 unspecified atom stereocenters. The number of nitrogens with zero attached hydrogens (tertiary/aromatic N) is 1. The summed E-state index contributed by atoms with van der Waals surface area (Å²) < 4.78 is 0. The van der Waals surface area contributed by atoms with Gasteiger partial charge in [0, 0.05) is 11.4 Å². The van der Waals surface area contributed by atoms with Gasteiger partial charge in [-0.15, -0.1) is 17.9 Å². The van der Waals surface area contributed by atoms with Crippen LogP contribution < -0.4 is 5.32 Å². The van der Waals surface area contributed by atoms with Crippen LogP contribution >= 0.6 is 11.3 Å². The molecule has 1 amide bonds. The third-order valence-corrected chi connectivity index (χ3v) is 3.42. The van der Waals surface area contributed by atoms with Gasteiger partial charge in [0.1, 0.15) is 6.04 Å². The van der Waals surface area contributed by atoms with E-state index < -0.39 is 12.0 Å². The number of carbonyl (C=O) groups excluding carboxylic acids is 1. The molecule has 0 spiro atoms. The summed E-state index contributed by atoms with van der Waals surface area (Å²) in [6.45, 7) is 6.11. The van der Waals surface area contributed by atoms with Crippen LogP contribution in [-0.2, 0) is 16.1 Å². The van der Waals surface area contributed by atoms with Crippen LogP contribution in [0.15, 0.2) is 30.2 Å². The van der Waals surface area contributed by atoms with Gasteiger partial charge in [-0.25, -0.2) is 0 Å². The van der Waals surface area contributed by atoms with E-state index in [4.69, 9.17) is 5.11 Å². The highest BCUT2D eigenvalue weighted by Crippen LogP contribution is 2.11. The lowest BCUT2D eigenvalue weighted by Gasteiger charge is -2.21. The number of nitrogens with one attached hydrogen (secondary N) is 1. The third kappa shape index (κ3) is 5.23. The summed E-state index contributed by atoms with van der Waals surface area (Å²) in [5.41, 5.74) is 0. The van der Waals surface area contributed by atoms with E-state index in [0.29, 0.717) is 13.1 Å². The lowest BCUT2D eigenvalue weighted by Crippen LogP contribution is -2.43. The molecule has 1 rings (SSSR count). The number of rotatable bonds is 8. The normalized spacial score (nSPS) is 11.8. The summed E-state index contributed by atoms with van der Waals surface area (Å²) in [7, 11) is 0. The van der Waals surface area contributed by atoms with E-state index >= 15 is 0 Å². The van der Waals surface area contributed by atoms with Gasteiger partial charge in [0.2, 0.25) is 5.91 Å². The molecule has 5 nitrogen and oxygen atoms in total. The highest BCUT2D eigenvalue weighted by atomic mass is 32.1. The van der Waals surface area contributed by atoms with Crippen molar-refractivity contribution < 1.29 is 14.7 Å². The minimum Gasteiger partial charge on any atom is -0.480 e. The Bertz CT molecular complexity index is 431. The SMILES string of the molecule is C=CCN(Cc1cccs1)C(=O)CN[C@H](C)C(=O)O. The quantitative estimate of drug-likeness (QED) is 0.706. The Kier molecular flexibility index (Phi) is 6.24. The highest BCUT2D eigenvalue weighted by molar-refractivity contribution is 7.09. The zero-order chi connectivity index (χ0) is 14.3. The molecule has 0 bridgehead atoms. The van der Waals surface area contributed by atoms with Crippen molar-refractivity contribution >= 4 is 23.2 Å². The second-order valence-electron chi connectivity index (χ2n) is 4.08. The van der Waals surface area contributed by atoms with Crippen LogP contribution in [0.1, 0.15) is 11.8 Å². The number of carboxylic acid groups (broad SMARTS) is 1. The number of amides is 1. The first-order valence-corrected chi connectivity index (χ1v) is 6.79. The fraction of sp³-hybridized carbons (Fsp3) is 0.385. The Hall–Kier alpha value is -1.66. The highest BCUT2D eigenvalue weighted by Gasteiger charge is 2.16. The van der Waals surface area contributed by atoms with Gasteiger partial charge >= 0.3 is 5.97 Å². The molecule has 1 aromatic rings. The molecule has 0 aliphatic carbocycles. The number of hydrogen-bond acceptors (Lipinski definition) is 4. The molecule has 6 heteroatoms. The average Bonchev–Trinajstić information content (AvgIpc) is 2.87. The van der Waals surface area contributed by atoms with Crippen molar-refractivity contribution in [3.63, 3.8) is 0 Å². The van der Waals surface area contributed by atoms with Crippen LogP contribution in [0.25, 0.3) is 0 Å². The molecular weight excluding hydrogens is 264 g/mol. The van der Waals surface area contributed by atoms with Crippen LogP contribution in [-0.4, -0.2) is 41.0 Å². The summed E-state index contributed by atoms with van der Waals surface area (Å²) in [6, 6.07) is 3.15. The van der Waals surface area contributed by atoms with Crippen LogP contribution in [0.5, 0.6) is 0 Å². The lowest BCUT2D eigenvalue weighted by atomic mass is 10.3. The van der Waals surface area contributed by atoms with Gasteiger partial charge < -0.3 is 10.0 Å². The van der Waals surface area contributed by atoms with Crippen molar-refractivity contribution in [3.8, 4) is 0 Å². The van der Waals surface area contributed by atoms with Crippen LogP contribution in [0, 0.1) is 0 Å². The molecular formula is C13H18N2O3S. The summed E-state index contributed by atoms with van der Waals surface area (Å²) in [6.07, 6.45) is 1.66. The van der Waals surface area contributed by atoms with Gasteiger partial charge in [-0.3, -0.25) is 14.9 Å². The van der Waals surface area contributed by atoms with Crippen LogP contribution in [0.2, 0.25) is 0 Å². The molecule has 19 heavy (non-hydrogen) atoms. The smallest absolute Gasteiger partial charge is 0.320 e. The summed E-state index contributed by atoms with van der Waals surface area (Å²) in [5.74, 6) is -1.11. The molecule has 0 fully saturated rings. The predicted octanol–water partition coefficient (Wildman–Crippen LogP) is 1.33. The van der Waals surface area contributed by atoms with Crippen molar-refractivity contribution in [2.24, 2.45) is 0 Å². The second-order valence-corrected chi connectivity index (χ2v) is 5.12. The third-order valence-electron chi connectivity index (χ3n) is 2.56. The maximum Gasteiger partial charge on any atom is 0.320 e. The van der Waals surface area contributed by atoms with Crippen molar-refractivity contribution in [1.29, 1.82) is 0 Å². The number of aliphatic carboxylic acids is 1. The molecule has 0 aromatic carbocycles. The molecule has 0 aliphatic rings. The predicted molar refractivity (Wildman–Crippen MR) is 75.0 cm³/mol. The lowest BCUT2D eigenvalue weighted by molar-refractivity contribution is -0.139. The number of carboxylic acids is 1. The Balaban J connectivity index is 2.53. The summed E-state index contributed by atoms with van der Waals surface area (Å²) >= 11 is 1.58. The van der Waals surface area contributed by atoms with Gasteiger partial charge in [0.15, 0.2) is 0 Å². The average molecular weight is 282 g/mol. The number of carbonyl (C=O) groups is 2. The van der Waals surface area contributed by atoms with E-state index in [1.165, 1.54) is 6.92 Å². The van der Waals surface area contributed by atoms with E-state index in [9.17, 15) is 9.59 Å². The zero-order valence-electron chi connectivity index (χ0n) is 10.8. The Morgan fingerprint density at radius 3 is 2.89 bits per heavy atom.